The molecular weight excluding hydrogens is 262 g/mol. The standard InChI is InChI=1S/C14H17NO5/c1-3-4-10-5-6-11(12(7-10)18-2)19-9-14(17)20-8-13(15)16/h3,5-7H,1,4,8-9H2,2H3,(H2,15,16). The number of allylic oxidation sites excluding steroid dienone is 1. The molecule has 0 spiro atoms. The summed E-state index contributed by atoms with van der Waals surface area (Å²) in [5, 5.41) is 0. The highest BCUT2D eigenvalue weighted by atomic mass is 16.6. The van der Waals surface area contributed by atoms with Gasteiger partial charge in [0.15, 0.2) is 24.7 Å². The minimum absolute atomic E-state index is 0.329. The van der Waals surface area contributed by atoms with Gasteiger partial charge in [-0.1, -0.05) is 12.1 Å². The summed E-state index contributed by atoms with van der Waals surface area (Å²) in [6.07, 6.45) is 2.48. The van der Waals surface area contributed by atoms with Crippen molar-refractivity contribution in [2.45, 2.75) is 6.42 Å². The van der Waals surface area contributed by atoms with Crippen molar-refractivity contribution in [3.05, 3.63) is 36.4 Å². The van der Waals surface area contributed by atoms with Crippen LogP contribution in [0.2, 0.25) is 0 Å². The molecule has 0 aliphatic heterocycles. The number of methoxy groups -OCH3 is 1. The topological polar surface area (TPSA) is 87.9 Å². The molecule has 0 aromatic heterocycles. The molecule has 108 valence electrons. The Balaban J connectivity index is 2.60. The normalized spacial score (nSPS) is 9.65. The SMILES string of the molecule is C=CCc1ccc(OCC(=O)OCC(N)=O)c(OC)c1. The smallest absolute Gasteiger partial charge is 0.344 e. The van der Waals surface area contributed by atoms with E-state index in [1.54, 1.807) is 18.2 Å². The van der Waals surface area contributed by atoms with Gasteiger partial charge in [-0.2, -0.15) is 0 Å². The van der Waals surface area contributed by atoms with Crippen LogP contribution in [0.4, 0.5) is 0 Å². The van der Waals surface area contributed by atoms with Gasteiger partial charge in [-0.25, -0.2) is 4.79 Å². The Morgan fingerprint density at radius 1 is 1.30 bits per heavy atom. The Morgan fingerprint density at radius 2 is 2.05 bits per heavy atom. The number of benzene rings is 1. The third-order valence-electron chi connectivity index (χ3n) is 2.33. The number of hydrogen-bond donors (Lipinski definition) is 1. The quantitative estimate of drug-likeness (QED) is 0.562. The molecule has 0 fully saturated rings. The second-order valence-electron chi connectivity index (χ2n) is 3.89. The first-order valence-corrected chi connectivity index (χ1v) is 5.91. The lowest BCUT2D eigenvalue weighted by molar-refractivity contribution is -0.149. The van der Waals surface area contributed by atoms with Crippen molar-refractivity contribution in [3.8, 4) is 11.5 Å². The molecule has 0 heterocycles. The summed E-state index contributed by atoms with van der Waals surface area (Å²) in [5.74, 6) is -0.478. The van der Waals surface area contributed by atoms with E-state index in [0.717, 1.165) is 5.56 Å². The molecule has 6 heteroatoms. The van der Waals surface area contributed by atoms with Gasteiger partial charge in [-0.3, -0.25) is 4.79 Å². The molecule has 1 amide bonds. The number of amides is 1. The number of primary amides is 1. The summed E-state index contributed by atoms with van der Waals surface area (Å²) < 4.78 is 15.0. The van der Waals surface area contributed by atoms with Gasteiger partial charge in [0.2, 0.25) is 0 Å². The summed E-state index contributed by atoms with van der Waals surface area (Å²) in [4.78, 5) is 21.7. The number of rotatable bonds is 8. The zero-order valence-corrected chi connectivity index (χ0v) is 11.3. The average molecular weight is 279 g/mol. The molecule has 0 atom stereocenters. The Labute approximate surface area is 117 Å². The van der Waals surface area contributed by atoms with Crippen molar-refractivity contribution >= 4 is 11.9 Å². The van der Waals surface area contributed by atoms with Gasteiger partial charge in [0, 0.05) is 0 Å². The fourth-order valence-corrected chi connectivity index (χ4v) is 1.45. The van der Waals surface area contributed by atoms with Crippen LogP contribution < -0.4 is 15.2 Å². The van der Waals surface area contributed by atoms with Crippen molar-refractivity contribution in [2.75, 3.05) is 20.3 Å². The maximum Gasteiger partial charge on any atom is 0.344 e. The molecule has 2 N–H and O–H groups in total. The average Bonchev–Trinajstić information content (AvgIpc) is 2.43. The van der Waals surface area contributed by atoms with Crippen molar-refractivity contribution < 1.29 is 23.8 Å². The van der Waals surface area contributed by atoms with E-state index in [-0.39, 0.29) is 6.61 Å². The van der Waals surface area contributed by atoms with E-state index in [2.05, 4.69) is 11.3 Å². The highest BCUT2D eigenvalue weighted by molar-refractivity contribution is 5.79. The van der Waals surface area contributed by atoms with Gasteiger partial charge in [0.05, 0.1) is 7.11 Å². The monoisotopic (exact) mass is 279 g/mol. The minimum Gasteiger partial charge on any atom is -0.493 e. The lowest BCUT2D eigenvalue weighted by Crippen LogP contribution is -2.23. The first-order chi connectivity index (χ1) is 9.56. The van der Waals surface area contributed by atoms with Crippen LogP contribution in [0, 0.1) is 0 Å². The zero-order valence-electron chi connectivity index (χ0n) is 11.3. The fraction of sp³-hybridized carbons (Fsp3) is 0.286. The highest BCUT2D eigenvalue weighted by Crippen LogP contribution is 2.28. The summed E-state index contributed by atoms with van der Waals surface area (Å²) in [5.41, 5.74) is 5.87. The number of hydrogen-bond acceptors (Lipinski definition) is 5. The van der Waals surface area contributed by atoms with Crippen LogP contribution in [-0.2, 0) is 20.7 Å². The van der Waals surface area contributed by atoms with Gasteiger partial charge in [0.1, 0.15) is 0 Å². The molecule has 6 nitrogen and oxygen atoms in total. The second-order valence-corrected chi connectivity index (χ2v) is 3.89. The number of esters is 1. The fourth-order valence-electron chi connectivity index (χ4n) is 1.45. The second kappa shape index (κ2) is 7.83. The molecule has 1 aromatic carbocycles. The van der Waals surface area contributed by atoms with E-state index < -0.39 is 18.5 Å². The molecule has 20 heavy (non-hydrogen) atoms. The summed E-state index contributed by atoms with van der Waals surface area (Å²) >= 11 is 0. The van der Waals surface area contributed by atoms with Gasteiger partial charge in [0.25, 0.3) is 5.91 Å². The predicted octanol–water partition coefficient (Wildman–Crippen LogP) is 0.831. The number of carbonyl (C=O) groups excluding carboxylic acids is 2. The van der Waals surface area contributed by atoms with E-state index in [4.69, 9.17) is 15.2 Å². The Morgan fingerprint density at radius 3 is 2.65 bits per heavy atom. The Kier molecular flexibility index (Phi) is 6.09. The summed E-state index contributed by atoms with van der Waals surface area (Å²) in [6.45, 7) is 2.87. The van der Waals surface area contributed by atoms with Crippen molar-refractivity contribution in [1.82, 2.24) is 0 Å². The van der Waals surface area contributed by atoms with Crippen molar-refractivity contribution in [2.24, 2.45) is 5.73 Å². The van der Waals surface area contributed by atoms with E-state index in [1.165, 1.54) is 7.11 Å². The maximum absolute atomic E-state index is 11.3. The van der Waals surface area contributed by atoms with Crippen LogP contribution in [-0.4, -0.2) is 32.2 Å². The number of ether oxygens (including phenoxy) is 3. The lowest BCUT2D eigenvalue weighted by Gasteiger charge is -2.11. The van der Waals surface area contributed by atoms with E-state index in [0.29, 0.717) is 17.9 Å². The predicted molar refractivity (Wildman–Crippen MR) is 72.5 cm³/mol. The molecule has 1 aromatic rings. The molecule has 0 unspecified atom stereocenters. The van der Waals surface area contributed by atoms with Crippen LogP contribution in [0.5, 0.6) is 11.5 Å². The van der Waals surface area contributed by atoms with Crippen molar-refractivity contribution in [1.29, 1.82) is 0 Å². The maximum atomic E-state index is 11.3. The first kappa shape index (κ1) is 15.6. The molecule has 0 aliphatic rings. The van der Waals surface area contributed by atoms with Crippen LogP contribution in [0.25, 0.3) is 0 Å². The largest absolute Gasteiger partial charge is 0.493 e. The number of nitrogens with two attached hydrogens (primary N) is 1. The highest BCUT2D eigenvalue weighted by Gasteiger charge is 2.10. The van der Waals surface area contributed by atoms with Gasteiger partial charge >= 0.3 is 5.97 Å². The lowest BCUT2D eigenvalue weighted by atomic mass is 10.1. The van der Waals surface area contributed by atoms with Gasteiger partial charge in [-0.05, 0) is 24.1 Å². The van der Waals surface area contributed by atoms with Gasteiger partial charge < -0.3 is 19.9 Å². The number of carbonyl (C=O) groups is 2. The molecule has 0 saturated carbocycles. The van der Waals surface area contributed by atoms with Crippen LogP contribution in [0.1, 0.15) is 5.56 Å². The summed E-state index contributed by atoms with van der Waals surface area (Å²) in [6, 6.07) is 5.33. The Hall–Kier alpha value is -2.50. The molecular formula is C14H17NO5. The summed E-state index contributed by atoms with van der Waals surface area (Å²) in [7, 11) is 1.51. The van der Waals surface area contributed by atoms with Crippen LogP contribution in [0.15, 0.2) is 30.9 Å². The van der Waals surface area contributed by atoms with E-state index >= 15 is 0 Å². The van der Waals surface area contributed by atoms with Crippen LogP contribution in [0.3, 0.4) is 0 Å². The Bertz CT molecular complexity index is 498. The molecule has 0 aliphatic carbocycles. The molecule has 0 saturated heterocycles. The molecule has 0 radical (unpaired) electrons. The van der Waals surface area contributed by atoms with Crippen LogP contribution >= 0.6 is 0 Å². The van der Waals surface area contributed by atoms with E-state index in [9.17, 15) is 9.59 Å². The first-order valence-electron chi connectivity index (χ1n) is 5.91. The third-order valence-corrected chi connectivity index (χ3v) is 2.33. The van der Waals surface area contributed by atoms with E-state index in [1.807, 2.05) is 6.07 Å². The van der Waals surface area contributed by atoms with Gasteiger partial charge in [-0.15, -0.1) is 6.58 Å². The minimum atomic E-state index is -0.718. The van der Waals surface area contributed by atoms with Crippen molar-refractivity contribution in [3.63, 3.8) is 0 Å². The zero-order chi connectivity index (χ0) is 15.0. The molecule has 0 bridgehead atoms. The molecule has 1 rings (SSSR count). The third kappa shape index (κ3) is 5.01.